The molecule has 1 aromatic heterocycles. The van der Waals surface area contributed by atoms with Crippen molar-refractivity contribution in [1.29, 1.82) is 0 Å². The third-order valence-corrected chi connectivity index (χ3v) is 10.1. The molecule has 0 aliphatic carbocycles. The molecule has 0 N–H and O–H groups in total. The lowest BCUT2D eigenvalue weighted by Crippen LogP contribution is -2.55. The monoisotopic (exact) mass is 566 g/mol. The number of methoxy groups -OCH3 is 1. The lowest BCUT2D eigenvalue weighted by Gasteiger charge is -2.51. The van der Waals surface area contributed by atoms with E-state index in [1.165, 1.54) is 6.42 Å². The van der Waals surface area contributed by atoms with Crippen molar-refractivity contribution in [3.63, 3.8) is 0 Å². The zero-order valence-electron chi connectivity index (χ0n) is 23.2. The molecule has 4 aromatic rings. The van der Waals surface area contributed by atoms with Gasteiger partial charge in [0.25, 0.3) is 0 Å². The summed E-state index contributed by atoms with van der Waals surface area (Å²) in [5.74, 6) is 1.92. The molecule has 0 spiro atoms. The molecular weight excluding hydrogens is 531 g/mol. The standard InChI is InChI=1S/C34H35N2O4P/c1-3-23-22-36-19-17-26(23)20-31(36)34(28-16-18-35-30-15-14-27(37-2)21-29(28)30)40-41-38-32(24-10-6-4-7-11-24)33(39-41)25-12-8-5-9-13-25/h3-16,18,21,23,26,31-34H,1,17,19-20,22H2,2H3/t23-,26-,31+,32-,33-,34-/m0/s1. The number of piperidine rings is 3. The fourth-order valence-corrected chi connectivity index (χ4v) is 8.19. The van der Waals surface area contributed by atoms with Gasteiger partial charge in [-0.2, -0.15) is 0 Å². The maximum Gasteiger partial charge on any atom is 0.334 e. The summed E-state index contributed by atoms with van der Waals surface area (Å²) >= 11 is 0. The first-order valence-corrected chi connectivity index (χ1v) is 15.5. The highest BCUT2D eigenvalue weighted by atomic mass is 31.2. The Hall–Kier alpha value is -3.12. The summed E-state index contributed by atoms with van der Waals surface area (Å²) in [7, 11) is 0.0499. The van der Waals surface area contributed by atoms with Gasteiger partial charge >= 0.3 is 8.60 Å². The molecule has 8 rings (SSSR count). The van der Waals surface area contributed by atoms with Crippen molar-refractivity contribution in [3.05, 3.63) is 120 Å². The summed E-state index contributed by atoms with van der Waals surface area (Å²) < 4.78 is 26.0. The quantitative estimate of drug-likeness (QED) is 0.159. The smallest absolute Gasteiger partial charge is 0.334 e. The molecule has 2 bridgehead atoms. The fraction of sp³-hybridized carbons (Fsp3) is 0.324. The number of benzene rings is 3. The van der Waals surface area contributed by atoms with Gasteiger partial charge in [0.2, 0.25) is 0 Å². The van der Waals surface area contributed by atoms with Crippen LogP contribution in [0.4, 0.5) is 0 Å². The van der Waals surface area contributed by atoms with E-state index in [4.69, 9.17) is 18.3 Å². The number of fused-ring (bicyclic) bond motifs is 4. The lowest BCUT2D eigenvalue weighted by molar-refractivity contribution is -0.0391. The number of aromatic nitrogens is 1. The van der Waals surface area contributed by atoms with E-state index in [1.807, 2.05) is 54.7 Å². The van der Waals surface area contributed by atoms with Crippen molar-refractivity contribution in [3.8, 4) is 5.75 Å². The summed E-state index contributed by atoms with van der Waals surface area (Å²) in [5, 5.41) is 1.04. The topological polar surface area (TPSA) is 53.1 Å². The summed E-state index contributed by atoms with van der Waals surface area (Å²) in [6.07, 6.45) is 5.49. The average molecular weight is 567 g/mol. The van der Waals surface area contributed by atoms with Crippen LogP contribution >= 0.6 is 8.60 Å². The van der Waals surface area contributed by atoms with Gasteiger partial charge in [0.15, 0.2) is 0 Å². The Morgan fingerprint density at radius 2 is 1.68 bits per heavy atom. The van der Waals surface area contributed by atoms with E-state index in [0.717, 1.165) is 52.9 Å². The first-order chi connectivity index (χ1) is 20.2. The molecule has 4 aliphatic heterocycles. The third-order valence-electron chi connectivity index (χ3n) is 8.92. The van der Waals surface area contributed by atoms with Crippen molar-refractivity contribution in [2.24, 2.45) is 11.8 Å². The minimum Gasteiger partial charge on any atom is -0.497 e. The number of pyridine rings is 1. The lowest BCUT2D eigenvalue weighted by atomic mass is 9.73. The van der Waals surface area contributed by atoms with Crippen molar-refractivity contribution in [2.45, 2.75) is 37.2 Å². The van der Waals surface area contributed by atoms with Gasteiger partial charge in [0.05, 0.1) is 12.6 Å². The van der Waals surface area contributed by atoms with Gasteiger partial charge in [0.1, 0.15) is 24.1 Å². The van der Waals surface area contributed by atoms with E-state index in [9.17, 15) is 0 Å². The van der Waals surface area contributed by atoms with Gasteiger partial charge < -0.3 is 18.3 Å². The highest BCUT2D eigenvalue weighted by Gasteiger charge is 2.47. The molecule has 1 unspecified atom stereocenters. The molecule has 4 fully saturated rings. The Kier molecular flexibility index (Phi) is 7.59. The molecule has 6 nitrogen and oxygen atoms in total. The number of nitrogens with zero attached hydrogens (tertiary/aromatic N) is 2. The maximum atomic E-state index is 7.03. The molecule has 4 saturated heterocycles. The molecule has 7 heteroatoms. The summed E-state index contributed by atoms with van der Waals surface area (Å²) in [4.78, 5) is 7.24. The van der Waals surface area contributed by atoms with Crippen molar-refractivity contribution < 1.29 is 18.3 Å². The molecule has 0 amide bonds. The van der Waals surface area contributed by atoms with E-state index in [0.29, 0.717) is 11.8 Å². The predicted octanol–water partition coefficient (Wildman–Crippen LogP) is 7.95. The molecule has 0 saturated carbocycles. The van der Waals surface area contributed by atoms with Crippen LogP contribution in [0, 0.1) is 11.8 Å². The Balaban J connectivity index is 1.26. The van der Waals surface area contributed by atoms with E-state index in [1.54, 1.807) is 7.11 Å². The van der Waals surface area contributed by atoms with Crippen LogP contribution in [0.5, 0.6) is 5.75 Å². The Bertz CT molecular complexity index is 1460. The molecule has 7 atom stereocenters. The predicted molar refractivity (Wildman–Crippen MR) is 161 cm³/mol. The van der Waals surface area contributed by atoms with Crippen LogP contribution in [0.2, 0.25) is 0 Å². The van der Waals surface area contributed by atoms with Crippen LogP contribution in [0.1, 0.15) is 47.8 Å². The first-order valence-electron chi connectivity index (χ1n) is 14.4. The minimum absolute atomic E-state index is 0.197. The number of rotatable bonds is 8. The van der Waals surface area contributed by atoms with Crippen LogP contribution in [0.3, 0.4) is 0 Å². The summed E-state index contributed by atoms with van der Waals surface area (Å²) in [6, 6.07) is 29.0. The van der Waals surface area contributed by atoms with Crippen molar-refractivity contribution >= 4 is 19.5 Å². The van der Waals surface area contributed by atoms with Crippen molar-refractivity contribution in [1.82, 2.24) is 9.88 Å². The number of hydrogen-bond acceptors (Lipinski definition) is 6. The fourth-order valence-electron chi connectivity index (χ4n) is 6.77. The molecule has 5 heterocycles. The van der Waals surface area contributed by atoms with Crippen LogP contribution < -0.4 is 4.74 Å². The molecule has 0 radical (unpaired) electrons. The minimum atomic E-state index is -1.65. The van der Waals surface area contributed by atoms with E-state index < -0.39 is 8.60 Å². The van der Waals surface area contributed by atoms with Crippen molar-refractivity contribution in [2.75, 3.05) is 20.2 Å². The van der Waals surface area contributed by atoms with E-state index >= 15 is 0 Å². The molecule has 3 aromatic carbocycles. The van der Waals surface area contributed by atoms with Gasteiger partial charge in [-0.3, -0.25) is 9.88 Å². The normalized spacial score (nSPS) is 28.5. The second-order valence-electron chi connectivity index (χ2n) is 11.2. The van der Waals surface area contributed by atoms with Gasteiger partial charge in [0, 0.05) is 24.2 Å². The first kappa shape index (κ1) is 26.8. The van der Waals surface area contributed by atoms with Gasteiger partial charge in [-0.15, -0.1) is 6.58 Å². The van der Waals surface area contributed by atoms with Crippen LogP contribution in [0.15, 0.2) is 104 Å². The summed E-state index contributed by atoms with van der Waals surface area (Å²) in [5.41, 5.74) is 4.18. The Morgan fingerprint density at radius 1 is 0.976 bits per heavy atom. The van der Waals surface area contributed by atoms with Gasteiger partial charge in [-0.05, 0) is 72.2 Å². The zero-order chi connectivity index (χ0) is 27.8. The van der Waals surface area contributed by atoms with E-state index in [-0.39, 0.29) is 24.4 Å². The molecule has 4 aliphatic rings. The van der Waals surface area contributed by atoms with Crippen LogP contribution in [-0.2, 0) is 13.6 Å². The highest BCUT2D eigenvalue weighted by molar-refractivity contribution is 7.42. The number of hydrogen-bond donors (Lipinski definition) is 0. The van der Waals surface area contributed by atoms with Crippen LogP contribution in [0.25, 0.3) is 10.9 Å². The summed E-state index contributed by atoms with van der Waals surface area (Å²) in [6.45, 7) is 6.20. The second kappa shape index (κ2) is 11.6. The molecule has 41 heavy (non-hydrogen) atoms. The largest absolute Gasteiger partial charge is 0.497 e. The van der Waals surface area contributed by atoms with Crippen LogP contribution in [-0.4, -0.2) is 36.1 Å². The van der Waals surface area contributed by atoms with Gasteiger partial charge in [-0.1, -0.05) is 66.7 Å². The third kappa shape index (κ3) is 5.20. The number of ether oxygens (including phenoxy) is 1. The highest BCUT2D eigenvalue weighted by Crippen LogP contribution is 2.63. The van der Waals surface area contributed by atoms with E-state index in [2.05, 4.69) is 58.9 Å². The Morgan fingerprint density at radius 3 is 2.29 bits per heavy atom. The molecular formula is C34H35N2O4P. The molecule has 210 valence electrons. The maximum absolute atomic E-state index is 7.03. The SMILES string of the molecule is C=C[C@H]1CN2CC[C@H]1C[C@@H]2[C@@H](OP1O[C@@H](c2ccccc2)[C@H](c2ccccc2)O1)c1ccnc2ccc(OC)cc12. The average Bonchev–Trinajstić information content (AvgIpc) is 3.48. The second-order valence-corrected chi connectivity index (χ2v) is 12.2. The zero-order valence-corrected chi connectivity index (χ0v) is 24.1. The Labute approximate surface area is 242 Å². The van der Waals surface area contributed by atoms with Gasteiger partial charge in [-0.25, -0.2) is 0 Å².